The summed E-state index contributed by atoms with van der Waals surface area (Å²) in [5.74, 6) is 0.199. The number of amides is 1. The third-order valence-corrected chi connectivity index (χ3v) is 5.49. The molecule has 8 nitrogen and oxygen atoms in total. The number of aromatic nitrogens is 6. The van der Waals surface area contributed by atoms with Gasteiger partial charge < -0.3 is 5.32 Å². The number of anilines is 1. The van der Waals surface area contributed by atoms with Crippen LogP contribution >= 0.6 is 0 Å². The van der Waals surface area contributed by atoms with E-state index in [2.05, 4.69) is 58.0 Å². The van der Waals surface area contributed by atoms with Crippen molar-refractivity contribution in [3.05, 3.63) is 70.5 Å². The summed E-state index contributed by atoms with van der Waals surface area (Å²) in [6, 6.07) is 13.7. The third kappa shape index (κ3) is 3.06. The molecule has 0 aliphatic heterocycles. The van der Waals surface area contributed by atoms with Gasteiger partial charge in [-0.1, -0.05) is 29.8 Å². The predicted octanol–water partition coefficient (Wildman–Crippen LogP) is 3.41. The highest BCUT2D eigenvalue weighted by Crippen LogP contribution is 2.30. The van der Waals surface area contributed by atoms with Crippen molar-refractivity contribution in [1.82, 2.24) is 30.4 Å². The minimum Gasteiger partial charge on any atom is -0.320 e. The zero-order valence-corrected chi connectivity index (χ0v) is 16.8. The molecule has 0 unspecified atom stereocenters. The number of fused-ring (bicyclic) bond motifs is 1. The van der Waals surface area contributed by atoms with Gasteiger partial charge in [0.15, 0.2) is 5.69 Å². The minimum absolute atomic E-state index is 0.229. The van der Waals surface area contributed by atoms with Crippen molar-refractivity contribution in [1.29, 1.82) is 0 Å². The van der Waals surface area contributed by atoms with Crippen molar-refractivity contribution in [2.45, 2.75) is 33.1 Å². The van der Waals surface area contributed by atoms with Crippen LogP contribution in [0.25, 0.3) is 17.1 Å². The zero-order valence-electron chi connectivity index (χ0n) is 16.8. The molecular formula is C22H21N7O. The van der Waals surface area contributed by atoms with Crippen molar-refractivity contribution < 1.29 is 4.79 Å². The molecule has 2 aromatic carbocycles. The van der Waals surface area contributed by atoms with Crippen LogP contribution in [0.1, 0.15) is 39.3 Å². The van der Waals surface area contributed by atoms with Crippen molar-refractivity contribution >= 4 is 11.6 Å². The van der Waals surface area contributed by atoms with Gasteiger partial charge in [0.25, 0.3) is 5.91 Å². The van der Waals surface area contributed by atoms with Crippen LogP contribution in [-0.4, -0.2) is 36.3 Å². The van der Waals surface area contributed by atoms with Crippen LogP contribution in [0.2, 0.25) is 0 Å². The quantitative estimate of drug-likeness (QED) is 0.548. The van der Waals surface area contributed by atoms with E-state index in [1.807, 2.05) is 28.9 Å². The van der Waals surface area contributed by atoms with Gasteiger partial charge in [-0.05, 0) is 62.1 Å². The van der Waals surface area contributed by atoms with Crippen molar-refractivity contribution in [3.8, 4) is 17.1 Å². The lowest BCUT2D eigenvalue weighted by Crippen LogP contribution is -2.15. The first-order valence-corrected chi connectivity index (χ1v) is 9.94. The smallest absolute Gasteiger partial charge is 0.276 e. The minimum atomic E-state index is -0.229. The number of nitrogens with one attached hydrogen (secondary N) is 2. The van der Waals surface area contributed by atoms with Crippen molar-refractivity contribution in [3.63, 3.8) is 0 Å². The Bertz CT molecular complexity index is 1240. The van der Waals surface area contributed by atoms with Crippen molar-refractivity contribution in [2.24, 2.45) is 0 Å². The lowest BCUT2D eigenvalue weighted by Gasteiger charge is -2.10. The number of hydrogen-bond donors (Lipinski definition) is 2. The number of H-pyrrole nitrogens is 1. The van der Waals surface area contributed by atoms with Crippen LogP contribution in [0.5, 0.6) is 0 Å². The Balaban J connectivity index is 1.53. The molecule has 0 fully saturated rings. The molecule has 0 atom stereocenters. The molecule has 30 heavy (non-hydrogen) atoms. The highest BCUT2D eigenvalue weighted by molar-refractivity contribution is 6.06. The average Bonchev–Trinajstić information content (AvgIpc) is 3.47. The summed E-state index contributed by atoms with van der Waals surface area (Å²) in [7, 11) is 0. The summed E-state index contributed by atoms with van der Waals surface area (Å²) in [4.78, 5) is 13.2. The van der Waals surface area contributed by atoms with Crippen molar-refractivity contribution in [2.75, 3.05) is 5.32 Å². The second kappa shape index (κ2) is 7.22. The molecule has 150 valence electrons. The number of carbonyl (C=O) groups excluding carboxylic acids is 1. The highest BCUT2D eigenvalue weighted by atomic mass is 16.2. The normalized spacial score (nSPS) is 12.7. The van der Waals surface area contributed by atoms with Crippen LogP contribution in [0.3, 0.4) is 0 Å². The first-order chi connectivity index (χ1) is 14.6. The number of tetrazole rings is 1. The Morgan fingerprint density at radius 3 is 2.80 bits per heavy atom. The van der Waals surface area contributed by atoms with Gasteiger partial charge >= 0.3 is 0 Å². The zero-order chi connectivity index (χ0) is 20.7. The molecule has 1 aliphatic rings. The molecule has 1 amide bonds. The van der Waals surface area contributed by atoms with E-state index in [4.69, 9.17) is 5.10 Å². The summed E-state index contributed by atoms with van der Waals surface area (Å²) in [6.07, 6.45) is 2.80. The highest BCUT2D eigenvalue weighted by Gasteiger charge is 2.28. The Morgan fingerprint density at radius 2 is 2.00 bits per heavy atom. The van der Waals surface area contributed by atoms with E-state index in [0.717, 1.165) is 41.8 Å². The molecular weight excluding hydrogens is 378 g/mol. The van der Waals surface area contributed by atoms with Gasteiger partial charge in [-0.15, -0.1) is 10.2 Å². The number of para-hydroxylation sites is 1. The molecule has 0 saturated carbocycles. The molecule has 2 N–H and O–H groups in total. The van der Waals surface area contributed by atoms with Crippen LogP contribution in [0.15, 0.2) is 42.5 Å². The maximum Gasteiger partial charge on any atom is 0.276 e. The van der Waals surface area contributed by atoms with Gasteiger partial charge in [-0.3, -0.25) is 4.79 Å². The molecule has 2 aromatic heterocycles. The fraction of sp³-hybridized carbons (Fsp3) is 0.227. The van der Waals surface area contributed by atoms with E-state index < -0.39 is 0 Å². The second-order valence-electron chi connectivity index (χ2n) is 7.56. The van der Waals surface area contributed by atoms with Crippen LogP contribution in [0.4, 0.5) is 5.69 Å². The van der Waals surface area contributed by atoms with E-state index in [0.29, 0.717) is 22.8 Å². The maximum absolute atomic E-state index is 13.2. The second-order valence-corrected chi connectivity index (χ2v) is 7.56. The molecule has 2 heterocycles. The molecule has 0 saturated heterocycles. The van der Waals surface area contributed by atoms with E-state index >= 15 is 0 Å². The molecule has 0 bridgehead atoms. The summed E-state index contributed by atoms with van der Waals surface area (Å²) in [6.45, 7) is 4.15. The Morgan fingerprint density at radius 1 is 1.13 bits per heavy atom. The average molecular weight is 399 g/mol. The predicted molar refractivity (Wildman–Crippen MR) is 113 cm³/mol. The van der Waals surface area contributed by atoms with E-state index in [1.165, 1.54) is 5.56 Å². The van der Waals surface area contributed by atoms with Gasteiger partial charge in [0, 0.05) is 16.8 Å². The number of rotatable bonds is 4. The number of aromatic amines is 1. The molecule has 5 rings (SSSR count). The molecule has 0 spiro atoms. The number of nitrogens with zero attached hydrogens (tertiary/aromatic N) is 5. The van der Waals surface area contributed by atoms with Gasteiger partial charge in [0.2, 0.25) is 5.82 Å². The van der Waals surface area contributed by atoms with E-state index in [1.54, 1.807) is 0 Å². The summed E-state index contributed by atoms with van der Waals surface area (Å²) >= 11 is 0. The number of aryl methyl sites for hydroxylation is 2. The van der Waals surface area contributed by atoms with E-state index in [-0.39, 0.29) is 5.91 Å². The number of benzene rings is 2. The van der Waals surface area contributed by atoms with Crippen LogP contribution in [-0.2, 0) is 12.8 Å². The number of hydrogen-bond acceptors (Lipinski definition) is 5. The SMILES string of the molecule is Cc1ccc(-n2nc(C(=O)Nc3ccccc3-c3nn[nH]n3)c3c2CCC3)c(C)c1. The maximum atomic E-state index is 13.2. The largest absolute Gasteiger partial charge is 0.320 e. The van der Waals surface area contributed by atoms with Gasteiger partial charge in [-0.2, -0.15) is 10.3 Å². The lowest BCUT2D eigenvalue weighted by atomic mass is 10.1. The number of carbonyl (C=O) groups is 1. The first kappa shape index (κ1) is 18.2. The first-order valence-electron chi connectivity index (χ1n) is 9.94. The van der Waals surface area contributed by atoms with Crippen LogP contribution < -0.4 is 5.32 Å². The molecule has 8 heteroatoms. The fourth-order valence-electron chi connectivity index (χ4n) is 4.11. The van der Waals surface area contributed by atoms with Gasteiger partial charge in [0.05, 0.1) is 11.4 Å². The fourth-order valence-corrected chi connectivity index (χ4v) is 4.11. The lowest BCUT2D eigenvalue weighted by molar-refractivity contribution is 0.102. The molecule has 1 aliphatic carbocycles. The molecule has 0 radical (unpaired) electrons. The Hall–Kier alpha value is -3.81. The Labute approximate surface area is 173 Å². The summed E-state index contributed by atoms with van der Waals surface area (Å²) in [5, 5.41) is 21.8. The van der Waals surface area contributed by atoms with E-state index in [9.17, 15) is 4.79 Å². The third-order valence-electron chi connectivity index (χ3n) is 5.49. The molecule has 4 aromatic rings. The van der Waals surface area contributed by atoms with Gasteiger partial charge in [0.1, 0.15) is 0 Å². The standard InChI is InChI=1S/C22H21N7O/c1-13-10-11-18(14(2)12-13)29-19-9-5-7-16(19)20(26-29)22(30)23-17-8-4-3-6-15(17)21-24-27-28-25-21/h3-4,6,8,10-12H,5,7,9H2,1-2H3,(H,23,30)(H,24,25,27,28). The summed E-state index contributed by atoms with van der Waals surface area (Å²) in [5.41, 5.74) is 7.32. The topological polar surface area (TPSA) is 101 Å². The monoisotopic (exact) mass is 399 g/mol. The van der Waals surface area contributed by atoms with Gasteiger partial charge in [-0.25, -0.2) is 4.68 Å². The van der Waals surface area contributed by atoms with Crippen LogP contribution in [0, 0.1) is 13.8 Å². The summed E-state index contributed by atoms with van der Waals surface area (Å²) < 4.78 is 1.94. The Kier molecular flexibility index (Phi) is 4.39.